The highest BCUT2D eigenvalue weighted by atomic mass is 35.5. The van der Waals surface area contributed by atoms with Crippen LogP contribution in [0.25, 0.3) is 0 Å². The van der Waals surface area contributed by atoms with Gasteiger partial charge in [0, 0.05) is 11.6 Å². The molecule has 1 saturated heterocycles. The maximum Gasteiger partial charge on any atom is 0.234 e. The molecule has 1 aromatic heterocycles. The molecule has 3 aromatic rings. The molecular weight excluding hydrogens is 466 g/mol. The molecule has 1 atom stereocenters. The first-order valence-corrected chi connectivity index (χ1v) is 12.0. The zero-order valence-corrected chi connectivity index (χ0v) is 19.6. The molecule has 1 fully saturated rings. The van der Waals surface area contributed by atoms with Crippen LogP contribution in [0.5, 0.6) is 17.2 Å². The minimum absolute atomic E-state index is 0.107. The normalized spacial score (nSPS) is 15.4. The van der Waals surface area contributed by atoms with Gasteiger partial charge in [0.2, 0.25) is 11.1 Å². The van der Waals surface area contributed by atoms with Crippen molar-refractivity contribution in [2.75, 3.05) is 24.3 Å². The number of tetrazole rings is 1. The van der Waals surface area contributed by atoms with Crippen molar-refractivity contribution in [1.29, 1.82) is 0 Å². The van der Waals surface area contributed by atoms with Crippen LogP contribution in [0.4, 0.5) is 5.69 Å². The van der Waals surface area contributed by atoms with E-state index in [1.807, 2.05) is 19.1 Å². The van der Waals surface area contributed by atoms with Gasteiger partial charge in [-0.05, 0) is 72.7 Å². The number of carbonyl (C=O) groups excluding carboxylic acids is 1. The summed E-state index contributed by atoms with van der Waals surface area (Å²) in [6, 6.07) is 12.3. The molecule has 1 N–H and O–H groups in total. The van der Waals surface area contributed by atoms with Crippen LogP contribution in [-0.2, 0) is 16.1 Å². The van der Waals surface area contributed by atoms with E-state index in [2.05, 4.69) is 20.8 Å². The van der Waals surface area contributed by atoms with Gasteiger partial charge in [0.25, 0.3) is 0 Å². The Kier molecular flexibility index (Phi) is 8.03. The Hall–Kier alpha value is -2.82. The molecule has 1 aliphatic heterocycles. The topological polar surface area (TPSA) is 100 Å². The summed E-state index contributed by atoms with van der Waals surface area (Å²) in [4.78, 5) is 12.6. The fraction of sp³-hybridized carbons (Fsp3) is 0.364. The number of ether oxygens (including phenoxy) is 3. The highest BCUT2D eigenvalue weighted by Crippen LogP contribution is 2.33. The van der Waals surface area contributed by atoms with Gasteiger partial charge in [0.1, 0.15) is 11.5 Å². The lowest BCUT2D eigenvalue weighted by molar-refractivity contribution is -0.113. The SMILES string of the molecule is CCOc1ccc(Oc2ccc(Cl)cc2NC(=O)CSc2nnnn2C[C@@H]2CCCO2)cc1. The maximum atomic E-state index is 12.6. The van der Waals surface area contributed by atoms with E-state index in [9.17, 15) is 4.79 Å². The number of halogens is 1. The van der Waals surface area contributed by atoms with Gasteiger partial charge < -0.3 is 19.5 Å². The lowest BCUT2D eigenvalue weighted by atomic mass is 10.2. The smallest absolute Gasteiger partial charge is 0.234 e. The zero-order valence-electron chi connectivity index (χ0n) is 18.1. The second-order valence-electron chi connectivity index (χ2n) is 7.26. The van der Waals surface area contributed by atoms with Crippen LogP contribution in [0.1, 0.15) is 19.8 Å². The molecule has 174 valence electrons. The van der Waals surface area contributed by atoms with Gasteiger partial charge in [0.15, 0.2) is 5.75 Å². The number of amides is 1. The molecule has 0 unspecified atom stereocenters. The van der Waals surface area contributed by atoms with Gasteiger partial charge >= 0.3 is 0 Å². The Labute approximate surface area is 200 Å². The molecule has 33 heavy (non-hydrogen) atoms. The summed E-state index contributed by atoms with van der Waals surface area (Å²) in [7, 11) is 0. The minimum atomic E-state index is -0.231. The van der Waals surface area contributed by atoms with Gasteiger partial charge in [0.05, 0.1) is 30.7 Å². The molecule has 1 amide bonds. The van der Waals surface area contributed by atoms with Crippen LogP contribution < -0.4 is 14.8 Å². The summed E-state index contributed by atoms with van der Waals surface area (Å²) in [6.45, 7) is 3.85. The van der Waals surface area contributed by atoms with Gasteiger partial charge in [-0.25, -0.2) is 4.68 Å². The number of aromatic nitrogens is 4. The Balaban J connectivity index is 1.37. The van der Waals surface area contributed by atoms with Crippen molar-refractivity contribution < 1.29 is 19.0 Å². The van der Waals surface area contributed by atoms with Crippen molar-refractivity contribution in [1.82, 2.24) is 20.2 Å². The summed E-state index contributed by atoms with van der Waals surface area (Å²) >= 11 is 7.40. The Bertz CT molecular complexity index is 1070. The van der Waals surface area contributed by atoms with E-state index in [-0.39, 0.29) is 17.8 Å². The van der Waals surface area contributed by atoms with Crippen molar-refractivity contribution in [3.63, 3.8) is 0 Å². The molecule has 0 radical (unpaired) electrons. The highest BCUT2D eigenvalue weighted by molar-refractivity contribution is 7.99. The van der Waals surface area contributed by atoms with E-state index < -0.39 is 0 Å². The van der Waals surface area contributed by atoms with E-state index in [0.717, 1.165) is 25.2 Å². The molecule has 2 heterocycles. The summed E-state index contributed by atoms with van der Waals surface area (Å²) in [5.41, 5.74) is 0.473. The third-order valence-electron chi connectivity index (χ3n) is 4.81. The standard InChI is InChI=1S/C22H24ClN5O4S/c1-2-30-16-6-8-17(9-7-16)32-20-10-5-15(23)12-19(20)24-21(29)14-33-22-25-26-27-28(22)13-18-4-3-11-31-18/h5-10,12,18H,2-4,11,13-14H2,1H3,(H,24,29)/t18-/m0/s1. The van der Waals surface area contributed by atoms with Crippen molar-refractivity contribution >= 4 is 35.0 Å². The number of carbonyl (C=O) groups is 1. The molecule has 0 saturated carbocycles. The third kappa shape index (κ3) is 6.59. The summed E-state index contributed by atoms with van der Waals surface area (Å²) in [6.07, 6.45) is 2.13. The largest absolute Gasteiger partial charge is 0.494 e. The third-order valence-corrected chi connectivity index (χ3v) is 6.00. The first-order valence-electron chi connectivity index (χ1n) is 10.6. The Morgan fingerprint density at radius 1 is 1.27 bits per heavy atom. The monoisotopic (exact) mass is 489 g/mol. The van der Waals surface area contributed by atoms with E-state index in [1.165, 1.54) is 11.8 Å². The fourth-order valence-electron chi connectivity index (χ4n) is 3.30. The Morgan fingerprint density at radius 2 is 2.09 bits per heavy atom. The first-order chi connectivity index (χ1) is 16.1. The molecule has 11 heteroatoms. The molecular formula is C22H24ClN5O4S. The van der Waals surface area contributed by atoms with Crippen LogP contribution in [0.15, 0.2) is 47.6 Å². The van der Waals surface area contributed by atoms with Crippen molar-refractivity contribution in [2.45, 2.75) is 37.6 Å². The number of nitrogens with zero attached hydrogens (tertiary/aromatic N) is 4. The van der Waals surface area contributed by atoms with E-state index in [1.54, 1.807) is 35.0 Å². The van der Waals surface area contributed by atoms with Gasteiger partial charge in [-0.2, -0.15) is 0 Å². The fourth-order valence-corrected chi connectivity index (χ4v) is 4.16. The predicted octanol–water partition coefficient (Wildman–Crippen LogP) is 4.43. The van der Waals surface area contributed by atoms with Crippen molar-refractivity contribution in [2.24, 2.45) is 0 Å². The number of hydrogen-bond donors (Lipinski definition) is 1. The number of rotatable bonds is 10. The molecule has 2 aromatic carbocycles. The summed E-state index contributed by atoms with van der Waals surface area (Å²) in [5, 5.41) is 15.7. The molecule has 0 aliphatic carbocycles. The van der Waals surface area contributed by atoms with Crippen LogP contribution >= 0.6 is 23.4 Å². The van der Waals surface area contributed by atoms with E-state index in [4.69, 9.17) is 25.8 Å². The lowest BCUT2D eigenvalue weighted by Gasteiger charge is -2.13. The second kappa shape index (κ2) is 11.4. The van der Waals surface area contributed by atoms with Gasteiger partial charge in [-0.1, -0.05) is 23.4 Å². The zero-order chi connectivity index (χ0) is 23.0. The van der Waals surface area contributed by atoms with Crippen molar-refractivity contribution in [3.8, 4) is 17.2 Å². The maximum absolute atomic E-state index is 12.6. The van der Waals surface area contributed by atoms with Crippen LogP contribution in [-0.4, -0.2) is 51.2 Å². The van der Waals surface area contributed by atoms with Gasteiger partial charge in [-0.15, -0.1) is 5.10 Å². The van der Waals surface area contributed by atoms with Crippen LogP contribution in [0.3, 0.4) is 0 Å². The van der Waals surface area contributed by atoms with Crippen molar-refractivity contribution in [3.05, 3.63) is 47.5 Å². The van der Waals surface area contributed by atoms with Crippen LogP contribution in [0.2, 0.25) is 5.02 Å². The van der Waals surface area contributed by atoms with E-state index in [0.29, 0.717) is 40.5 Å². The second-order valence-corrected chi connectivity index (χ2v) is 8.64. The van der Waals surface area contributed by atoms with Crippen LogP contribution in [0, 0.1) is 0 Å². The van der Waals surface area contributed by atoms with Gasteiger partial charge in [-0.3, -0.25) is 4.79 Å². The average molecular weight is 490 g/mol. The number of nitrogens with one attached hydrogen (secondary N) is 1. The quantitative estimate of drug-likeness (QED) is 0.417. The molecule has 0 spiro atoms. The summed E-state index contributed by atoms with van der Waals surface area (Å²) < 4.78 is 18.7. The average Bonchev–Trinajstić information content (AvgIpc) is 3.48. The predicted molar refractivity (Wildman–Crippen MR) is 125 cm³/mol. The van der Waals surface area contributed by atoms with E-state index >= 15 is 0 Å². The summed E-state index contributed by atoms with van der Waals surface area (Å²) in [5.74, 6) is 1.74. The lowest BCUT2D eigenvalue weighted by Crippen LogP contribution is -2.18. The molecule has 4 rings (SSSR count). The Morgan fingerprint density at radius 3 is 2.85 bits per heavy atom. The first kappa shape index (κ1) is 23.3. The molecule has 0 bridgehead atoms. The number of anilines is 1. The highest BCUT2D eigenvalue weighted by Gasteiger charge is 2.19. The number of thioether (sulfide) groups is 1. The molecule has 1 aliphatic rings. The minimum Gasteiger partial charge on any atom is -0.494 e. The molecule has 9 nitrogen and oxygen atoms in total. The number of benzene rings is 2. The number of hydrogen-bond acceptors (Lipinski definition) is 8.